The van der Waals surface area contributed by atoms with Crippen LogP contribution in [0.2, 0.25) is 5.02 Å². The van der Waals surface area contributed by atoms with E-state index in [0.29, 0.717) is 5.02 Å². The van der Waals surface area contributed by atoms with Crippen LogP contribution in [0.3, 0.4) is 0 Å². The van der Waals surface area contributed by atoms with Crippen molar-refractivity contribution in [3.8, 4) is 12.1 Å². The van der Waals surface area contributed by atoms with Gasteiger partial charge in [-0.15, -0.1) is 0 Å². The fourth-order valence-corrected chi connectivity index (χ4v) is 2.98. The van der Waals surface area contributed by atoms with Crippen LogP contribution in [0.15, 0.2) is 41.4 Å². The molecule has 1 saturated heterocycles. The van der Waals surface area contributed by atoms with E-state index in [-0.39, 0.29) is 12.1 Å². The molecular formula is C15H11ClN4. The lowest BCUT2D eigenvalue weighted by molar-refractivity contribution is 0.573. The van der Waals surface area contributed by atoms with E-state index in [1.807, 2.05) is 29.2 Å². The molecule has 1 aromatic rings. The largest absolute Gasteiger partial charge is 0.346 e. The van der Waals surface area contributed by atoms with E-state index in [9.17, 15) is 10.5 Å². The molecule has 0 unspecified atom stereocenters. The predicted molar refractivity (Wildman–Crippen MR) is 77.6 cm³/mol. The first-order valence-electron chi connectivity index (χ1n) is 6.29. The number of hydrogen-bond acceptors (Lipinski definition) is 4. The summed E-state index contributed by atoms with van der Waals surface area (Å²) in [5.74, 6) is -0.429. The van der Waals surface area contributed by atoms with Crippen molar-refractivity contribution in [3.05, 3.63) is 41.4 Å². The van der Waals surface area contributed by atoms with E-state index < -0.39 is 12.0 Å². The standard InChI is InChI=1S/C15H11ClN4/c16-10-3-5-11(6-4-10)20-13-2-1-7-19-15(13)12(8-17)14(20)9-18/h1-7,12-15H/t12-,13-,14-,15-/m0/s1. The van der Waals surface area contributed by atoms with Crippen LogP contribution in [0.4, 0.5) is 5.69 Å². The fraction of sp³-hybridized carbons (Fsp3) is 0.267. The highest BCUT2D eigenvalue weighted by molar-refractivity contribution is 6.30. The first kappa shape index (κ1) is 12.7. The third kappa shape index (κ3) is 1.86. The number of fused-ring (bicyclic) bond motifs is 1. The Kier molecular flexibility index (Phi) is 3.18. The highest BCUT2D eigenvalue weighted by Crippen LogP contribution is 2.38. The average molecular weight is 283 g/mol. The molecule has 1 fully saturated rings. The number of hydrogen-bond donors (Lipinski definition) is 0. The minimum absolute atomic E-state index is 0.0597. The van der Waals surface area contributed by atoms with Crippen LogP contribution in [0.25, 0.3) is 0 Å². The lowest BCUT2D eigenvalue weighted by Gasteiger charge is -2.29. The lowest BCUT2D eigenvalue weighted by Crippen LogP contribution is -2.37. The highest BCUT2D eigenvalue weighted by Gasteiger charge is 2.49. The monoisotopic (exact) mass is 282 g/mol. The first-order valence-corrected chi connectivity index (χ1v) is 6.67. The number of nitrogens with zero attached hydrogens (tertiary/aromatic N) is 4. The molecule has 4 nitrogen and oxygen atoms in total. The zero-order chi connectivity index (χ0) is 14.1. The van der Waals surface area contributed by atoms with Gasteiger partial charge in [0, 0.05) is 16.9 Å². The van der Waals surface area contributed by atoms with Crippen LogP contribution in [-0.4, -0.2) is 24.3 Å². The van der Waals surface area contributed by atoms with Gasteiger partial charge in [-0.05, 0) is 30.3 Å². The number of rotatable bonds is 1. The Morgan fingerprint density at radius 2 is 1.90 bits per heavy atom. The molecule has 20 heavy (non-hydrogen) atoms. The van der Waals surface area contributed by atoms with Gasteiger partial charge in [-0.25, -0.2) is 0 Å². The zero-order valence-corrected chi connectivity index (χ0v) is 11.3. The zero-order valence-electron chi connectivity index (χ0n) is 10.5. The van der Waals surface area contributed by atoms with Crippen LogP contribution in [0, 0.1) is 28.6 Å². The molecule has 5 heteroatoms. The molecule has 0 bridgehead atoms. The van der Waals surface area contributed by atoms with Crippen molar-refractivity contribution in [3.63, 3.8) is 0 Å². The maximum atomic E-state index is 9.46. The van der Waals surface area contributed by atoms with Crippen LogP contribution in [0.5, 0.6) is 0 Å². The molecule has 1 aromatic carbocycles. The molecule has 0 radical (unpaired) electrons. The lowest BCUT2D eigenvalue weighted by atomic mass is 9.95. The van der Waals surface area contributed by atoms with Gasteiger partial charge in [0.25, 0.3) is 0 Å². The summed E-state index contributed by atoms with van der Waals surface area (Å²) in [5, 5.41) is 19.5. The van der Waals surface area contributed by atoms with Gasteiger partial charge in [-0.3, -0.25) is 4.99 Å². The Bertz CT molecular complexity index is 650. The fourth-order valence-electron chi connectivity index (χ4n) is 2.86. The molecule has 3 rings (SSSR count). The normalized spacial score (nSPS) is 30.6. The minimum atomic E-state index is -0.504. The average Bonchev–Trinajstić information content (AvgIpc) is 2.81. The molecular weight excluding hydrogens is 272 g/mol. The van der Waals surface area contributed by atoms with E-state index in [0.717, 1.165) is 5.69 Å². The summed E-state index contributed by atoms with van der Waals surface area (Å²) in [6.07, 6.45) is 5.55. The molecule has 0 aliphatic carbocycles. The molecule has 4 atom stereocenters. The molecule has 98 valence electrons. The number of anilines is 1. The summed E-state index contributed by atoms with van der Waals surface area (Å²) in [6, 6.07) is 11.0. The predicted octanol–water partition coefficient (Wildman–Crippen LogP) is 2.57. The van der Waals surface area contributed by atoms with Crippen molar-refractivity contribution in [2.75, 3.05) is 4.90 Å². The molecule has 0 aromatic heterocycles. The van der Waals surface area contributed by atoms with Crippen molar-refractivity contribution in [1.29, 1.82) is 10.5 Å². The molecule has 2 aliphatic heterocycles. The number of benzene rings is 1. The summed E-state index contributed by atoms with van der Waals surface area (Å²) in [7, 11) is 0. The second kappa shape index (κ2) is 5.00. The molecule has 0 N–H and O–H groups in total. The number of nitriles is 2. The van der Waals surface area contributed by atoms with Gasteiger partial charge in [0.15, 0.2) is 0 Å². The quantitative estimate of drug-likeness (QED) is 0.795. The van der Waals surface area contributed by atoms with E-state index in [1.165, 1.54) is 0 Å². The molecule has 2 heterocycles. The summed E-state index contributed by atoms with van der Waals surface area (Å²) >= 11 is 5.91. The Balaban J connectivity index is 2.06. The van der Waals surface area contributed by atoms with E-state index in [2.05, 4.69) is 17.1 Å². The molecule has 0 spiro atoms. The van der Waals surface area contributed by atoms with E-state index in [4.69, 9.17) is 11.6 Å². The van der Waals surface area contributed by atoms with Crippen LogP contribution in [-0.2, 0) is 0 Å². The maximum absolute atomic E-state index is 9.46. The van der Waals surface area contributed by atoms with Crippen LogP contribution >= 0.6 is 11.6 Å². The van der Waals surface area contributed by atoms with Gasteiger partial charge < -0.3 is 4.90 Å². The number of aliphatic imine (C=N–C) groups is 1. The molecule has 0 saturated carbocycles. The van der Waals surface area contributed by atoms with E-state index in [1.54, 1.807) is 18.3 Å². The third-order valence-corrected chi connectivity index (χ3v) is 3.99. The van der Waals surface area contributed by atoms with Gasteiger partial charge >= 0.3 is 0 Å². The summed E-state index contributed by atoms with van der Waals surface area (Å²) in [5.41, 5.74) is 0.885. The number of dihydropyridines is 1. The van der Waals surface area contributed by atoms with Crippen LogP contribution < -0.4 is 4.90 Å². The van der Waals surface area contributed by atoms with Gasteiger partial charge in [0.05, 0.1) is 24.2 Å². The maximum Gasteiger partial charge on any atom is 0.135 e. The molecule has 0 amide bonds. The van der Waals surface area contributed by atoms with Crippen LogP contribution in [0.1, 0.15) is 0 Å². The van der Waals surface area contributed by atoms with Crippen molar-refractivity contribution in [1.82, 2.24) is 0 Å². The first-order chi connectivity index (χ1) is 9.76. The second-order valence-electron chi connectivity index (χ2n) is 4.78. The third-order valence-electron chi connectivity index (χ3n) is 3.74. The van der Waals surface area contributed by atoms with Gasteiger partial charge in [-0.2, -0.15) is 10.5 Å². The highest BCUT2D eigenvalue weighted by atomic mass is 35.5. The second-order valence-corrected chi connectivity index (χ2v) is 5.21. The van der Waals surface area contributed by atoms with Crippen molar-refractivity contribution in [2.24, 2.45) is 10.9 Å². The Hall–Kier alpha value is -2.30. The van der Waals surface area contributed by atoms with E-state index >= 15 is 0 Å². The molecule has 2 aliphatic rings. The van der Waals surface area contributed by atoms with Crippen molar-refractivity contribution >= 4 is 23.5 Å². The smallest absolute Gasteiger partial charge is 0.135 e. The number of allylic oxidation sites excluding steroid dienone is 1. The number of halogens is 1. The van der Waals surface area contributed by atoms with Gasteiger partial charge in [0.1, 0.15) is 12.0 Å². The van der Waals surface area contributed by atoms with Gasteiger partial charge in [0.2, 0.25) is 0 Å². The van der Waals surface area contributed by atoms with Crippen molar-refractivity contribution in [2.45, 2.75) is 18.1 Å². The summed E-state index contributed by atoms with van der Waals surface area (Å²) < 4.78 is 0. The Morgan fingerprint density at radius 1 is 1.15 bits per heavy atom. The topological polar surface area (TPSA) is 63.2 Å². The minimum Gasteiger partial charge on any atom is -0.346 e. The summed E-state index contributed by atoms with van der Waals surface area (Å²) in [6.45, 7) is 0. The summed E-state index contributed by atoms with van der Waals surface area (Å²) in [4.78, 5) is 6.34. The van der Waals surface area contributed by atoms with Crippen molar-refractivity contribution < 1.29 is 0 Å². The van der Waals surface area contributed by atoms with Gasteiger partial charge in [-0.1, -0.05) is 17.7 Å². The Morgan fingerprint density at radius 3 is 2.55 bits per heavy atom. The Labute approximate surface area is 122 Å². The SMILES string of the molecule is N#C[C@@H]1[C@@H]2N=CC=C[C@@H]2N(c2ccc(Cl)cc2)[C@H]1C#N.